The van der Waals surface area contributed by atoms with E-state index in [0.717, 1.165) is 23.1 Å². The summed E-state index contributed by atoms with van der Waals surface area (Å²) < 4.78 is 0. The zero-order valence-electron chi connectivity index (χ0n) is 14.7. The SMILES string of the molecule is CC/C=C/C(=O)Cc1cc2c(Nc3ccc(Cl)c(C)c3)ncnc2cn1. The molecule has 5 nitrogen and oxygen atoms in total. The Balaban J connectivity index is 1.92. The fraction of sp³-hybridized carbons (Fsp3) is 0.200. The Bertz CT molecular complexity index is 985. The number of carbonyl (C=O) groups excluding carboxylic acids is 1. The molecule has 0 bridgehead atoms. The first kappa shape index (κ1) is 18.0. The van der Waals surface area contributed by atoms with Crippen LogP contribution in [0.1, 0.15) is 24.6 Å². The lowest BCUT2D eigenvalue weighted by molar-refractivity contribution is -0.114. The second-order valence-corrected chi connectivity index (χ2v) is 6.36. The Morgan fingerprint density at radius 3 is 2.85 bits per heavy atom. The number of aromatic nitrogens is 3. The van der Waals surface area contributed by atoms with Gasteiger partial charge in [-0.3, -0.25) is 9.78 Å². The van der Waals surface area contributed by atoms with Crippen LogP contribution in [0.25, 0.3) is 10.9 Å². The van der Waals surface area contributed by atoms with Crippen LogP contribution in [0.2, 0.25) is 5.02 Å². The van der Waals surface area contributed by atoms with Gasteiger partial charge in [-0.15, -0.1) is 0 Å². The third-order valence-electron chi connectivity index (χ3n) is 3.89. The first-order valence-electron chi connectivity index (χ1n) is 8.39. The Hall–Kier alpha value is -2.79. The maximum absolute atomic E-state index is 12.0. The minimum absolute atomic E-state index is 0.0263. The molecule has 0 aliphatic carbocycles. The van der Waals surface area contributed by atoms with Crippen molar-refractivity contribution in [3.8, 4) is 0 Å². The minimum Gasteiger partial charge on any atom is -0.340 e. The van der Waals surface area contributed by atoms with Crippen molar-refractivity contribution < 1.29 is 4.79 Å². The molecule has 0 atom stereocenters. The number of hydrogen-bond acceptors (Lipinski definition) is 5. The van der Waals surface area contributed by atoms with Gasteiger partial charge in [0.25, 0.3) is 0 Å². The summed E-state index contributed by atoms with van der Waals surface area (Å²) in [6, 6.07) is 7.55. The number of ketones is 1. The number of nitrogens with zero attached hydrogens (tertiary/aromatic N) is 3. The van der Waals surface area contributed by atoms with Crippen molar-refractivity contribution in [2.45, 2.75) is 26.7 Å². The van der Waals surface area contributed by atoms with Gasteiger partial charge in [-0.1, -0.05) is 24.6 Å². The normalized spacial score (nSPS) is 11.2. The van der Waals surface area contributed by atoms with Gasteiger partial charge in [0.05, 0.1) is 18.1 Å². The lowest BCUT2D eigenvalue weighted by Crippen LogP contribution is -2.02. The molecule has 3 rings (SSSR count). The van der Waals surface area contributed by atoms with Crippen LogP contribution >= 0.6 is 11.6 Å². The molecule has 0 amide bonds. The Kier molecular flexibility index (Phi) is 5.58. The van der Waals surface area contributed by atoms with E-state index in [1.54, 1.807) is 12.3 Å². The number of carbonyl (C=O) groups is 1. The standard InChI is InChI=1S/C20H19ClN4O/c1-3-4-5-16(26)9-15-10-17-19(11-22-15)23-12-24-20(17)25-14-6-7-18(21)13(2)8-14/h4-8,10-12H,3,9H2,1-2H3,(H,23,24,25)/b5-4+. The highest BCUT2D eigenvalue weighted by Crippen LogP contribution is 2.26. The summed E-state index contributed by atoms with van der Waals surface area (Å²) in [7, 11) is 0. The summed E-state index contributed by atoms with van der Waals surface area (Å²) in [6.07, 6.45) is 7.69. The van der Waals surface area contributed by atoms with Crippen molar-refractivity contribution in [2.75, 3.05) is 5.32 Å². The topological polar surface area (TPSA) is 67.8 Å². The first-order valence-corrected chi connectivity index (χ1v) is 8.77. The summed E-state index contributed by atoms with van der Waals surface area (Å²) in [4.78, 5) is 24.9. The highest BCUT2D eigenvalue weighted by atomic mass is 35.5. The Morgan fingerprint density at radius 2 is 2.08 bits per heavy atom. The number of fused-ring (bicyclic) bond motifs is 1. The predicted octanol–water partition coefficient (Wildman–Crippen LogP) is 4.81. The summed E-state index contributed by atoms with van der Waals surface area (Å²) in [5.74, 6) is 0.690. The molecule has 2 heterocycles. The molecule has 0 saturated heterocycles. The second kappa shape index (κ2) is 8.06. The van der Waals surface area contributed by atoms with E-state index in [1.807, 2.05) is 44.2 Å². The molecular formula is C20H19ClN4O. The largest absolute Gasteiger partial charge is 0.340 e. The van der Waals surface area contributed by atoms with Crippen molar-refractivity contribution in [3.05, 3.63) is 65.2 Å². The van der Waals surface area contributed by atoms with Crippen molar-refractivity contribution in [2.24, 2.45) is 0 Å². The molecule has 0 unspecified atom stereocenters. The number of anilines is 2. The Morgan fingerprint density at radius 1 is 1.23 bits per heavy atom. The van der Waals surface area contributed by atoms with E-state index in [1.165, 1.54) is 6.33 Å². The molecule has 0 aliphatic heterocycles. The molecule has 6 heteroatoms. The number of pyridine rings is 1. The van der Waals surface area contributed by atoms with Gasteiger partial charge in [-0.2, -0.15) is 0 Å². The Labute approximate surface area is 157 Å². The smallest absolute Gasteiger partial charge is 0.161 e. The van der Waals surface area contributed by atoms with E-state index in [-0.39, 0.29) is 12.2 Å². The fourth-order valence-electron chi connectivity index (χ4n) is 2.54. The van der Waals surface area contributed by atoms with E-state index in [4.69, 9.17) is 11.6 Å². The lowest BCUT2D eigenvalue weighted by Gasteiger charge is -2.10. The summed E-state index contributed by atoms with van der Waals surface area (Å²) >= 11 is 6.08. The van der Waals surface area contributed by atoms with Crippen LogP contribution in [0.4, 0.5) is 11.5 Å². The lowest BCUT2D eigenvalue weighted by atomic mass is 10.1. The molecular weight excluding hydrogens is 348 g/mol. The van der Waals surface area contributed by atoms with Gasteiger partial charge in [-0.25, -0.2) is 9.97 Å². The molecule has 0 radical (unpaired) electrons. The van der Waals surface area contributed by atoms with E-state index < -0.39 is 0 Å². The van der Waals surface area contributed by atoms with Gasteiger partial charge in [0.15, 0.2) is 5.78 Å². The van der Waals surface area contributed by atoms with Crippen LogP contribution in [0, 0.1) is 6.92 Å². The quantitative estimate of drug-likeness (QED) is 0.634. The fourth-order valence-corrected chi connectivity index (χ4v) is 2.66. The van der Waals surface area contributed by atoms with Gasteiger partial charge in [0, 0.05) is 21.8 Å². The number of allylic oxidation sites excluding steroid dienone is 2. The second-order valence-electron chi connectivity index (χ2n) is 5.96. The maximum atomic E-state index is 12.0. The summed E-state index contributed by atoms with van der Waals surface area (Å²) in [5, 5.41) is 4.83. The van der Waals surface area contributed by atoms with Crippen LogP contribution in [0.3, 0.4) is 0 Å². The third kappa shape index (κ3) is 4.24. The molecule has 1 aromatic carbocycles. The van der Waals surface area contributed by atoms with Crippen LogP contribution in [0.5, 0.6) is 0 Å². The number of hydrogen-bond donors (Lipinski definition) is 1. The number of rotatable bonds is 6. The van der Waals surface area contributed by atoms with Crippen LogP contribution < -0.4 is 5.32 Å². The van der Waals surface area contributed by atoms with Crippen LogP contribution in [-0.4, -0.2) is 20.7 Å². The number of benzene rings is 1. The molecule has 3 aromatic rings. The zero-order chi connectivity index (χ0) is 18.5. The van der Waals surface area contributed by atoms with E-state index in [9.17, 15) is 4.79 Å². The minimum atomic E-state index is 0.0263. The molecule has 1 N–H and O–H groups in total. The van der Waals surface area contributed by atoms with Crippen molar-refractivity contribution in [1.29, 1.82) is 0 Å². The summed E-state index contributed by atoms with van der Waals surface area (Å²) in [6.45, 7) is 3.94. The van der Waals surface area contributed by atoms with E-state index in [0.29, 0.717) is 22.1 Å². The zero-order valence-corrected chi connectivity index (χ0v) is 15.4. The highest BCUT2D eigenvalue weighted by Gasteiger charge is 2.09. The number of halogens is 1. The maximum Gasteiger partial charge on any atom is 0.161 e. The van der Waals surface area contributed by atoms with Crippen molar-refractivity contribution >= 4 is 39.8 Å². The first-order chi connectivity index (χ1) is 12.6. The summed E-state index contributed by atoms with van der Waals surface area (Å²) in [5.41, 5.74) is 3.26. The number of nitrogens with one attached hydrogen (secondary N) is 1. The van der Waals surface area contributed by atoms with Gasteiger partial charge in [0.1, 0.15) is 12.1 Å². The van der Waals surface area contributed by atoms with Gasteiger partial charge < -0.3 is 5.32 Å². The van der Waals surface area contributed by atoms with E-state index >= 15 is 0 Å². The molecule has 0 fully saturated rings. The van der Waals surface area contributed by atoms with Gasteiger partial charge in [-0.05, 0) is 49.2 Å². The molecule has 0 saturated carbocycles. The monoisotopic (exact) mass is 366 g/mol. The van der Waals surface area contributed by atoms with Crippen molar-refractivity contribution in [3.63, 3.8) is 0 Å². The molecule has 0 spiro atoms. The third-order valence-corrected chi connectivity index (χ3v) is 4.32. The molecule has 132 valence electrons. The molecule has 26 heavy (non-hydrogen) atoms. The molecule has 2 aromatic heterocycles. The van der Waals surface area contributed by atoms with E-state index in [2.05, 4.69) is 20.3 Å². The average molecular weight is 367 g/mol. The molecule has 0 aliphatic rings. The highest BCUT2D eigenvalue weighted by molar-refractivity contribution is 6.31. The van der Waals surface area contributed by atoms with Crippen LogP contribution in [-0.2, 0) is 11.2 Å². The number of aryl methyl sites for hydroxylation is 1. The van der Waals surface area contributed by atoms with Gasteiger partial charge >= 0.3 is 0 Å². The average Bonchev–Trinajstić information content (AvgIpc) is 2.63. The van der Waals surface area contributed by atoms with Crippen LogP contribution in [0.15, 0.2) is 48.9 Å². The predicted molar refractivity (Wildman–Crippen MR) is 105 cm³/mol. The van der Waals surface area contributed by atoms with Crippen molar-refractivity contribution in [1.82, 2.24) is 15.0 Å². The van der Waals surface area contributed by atoms with Gasteiger partial charge in [0.2, 0.25) is 0 Å².